The van der Waals surface area contributed by atoms with Crippen LogP contribution in [0.3, 0.4) is 0 Å². The van der Waals surface area contributed by atoms with E-state index in [0.29, 0.717) is 5.82 Å². The van der Waals surface area contributed by atoms with Gasteiger partial charge in [-0.15, -0.1) is 0 Å². The first-order chi connectivity index (χ1) is 10.4. The smallest absolute Gasteiger partial charge is 0.405 e. The van der Waals surface area contributed by atoms with Gasteiger partial charge in [-0.05, 0) is 48.0 Å². The third-order valence-corrected chi connectivity index (χ3v) is 5.86. The van der Waals surface area contributed by atoms with Crippen LogP contribution in [0, 0.1) is 0 Å². The van der Waals surface area contributed by atoms with Gasteiger partial charge in [-0.25, -0.2) is 14.8 Å². The fraction of sp³-hybridized carbons (Fsp3) is 0.500. The van der Waals surface area contributed by atoms with Crippen molar-refractivity contribution in [2.24, 2.45) is 0 Å². The molecule has 0 saturated heterocycles. The standard InChI is InChI=1S/C14H16BrN5O2/c15-8-5-20(11-9(8)10(16)17-7-18-11)14-3-1-13(6-14,2-4-14)19-12(21)22/h5,7,19H,1-4,6H2,(H,21,22)(H2,16,17,18). The topological polar surface area (TPSA) is 106 Å². The minimum Gasteiger partial charge on any atom is -0.465 e. The molecule has 2 bridgehead atoms. The fourth-order valence-corrected chi connectivity index (χ4v) is 4.89. The van der Waals surface area contributed by atoms with Gasteiger partial charge in [0.25, 0.3) is 0 Å². The quantitative estimate of drug-likeness (QED) is 0.757. The number of amides is 1. The molecule has 2 heterocycles. The van der Waals surface area contributed by atoms with Gasteiger partial charge in [0.1, 0.15) is 17.8 Å². The fourth-order valence-electron chi connectivity index (χ4n) is 4.30. The molecule has 2 aromatic rings. The van der Waals surface area contributed by atoms with Crippen LogP contribution in [0.5, 0.6) is 0 Å². The average molecular weight is 366 g/mol. The number of anilines is 1. The van der Waals surface area contributed by atoms with E-state index in [4.69, 9.17) is 10.8 Å². The molecule has 2 aromatic heterocycles. The highest BCUT2D eigenvalue weighted by molar-refractivity contribution is 9.10. The monoisotopic (exact) mass is 365 g/mol. The summed E-state index contributed by atoms with van der Waals surface area (Å²) >= 11 is 3.55. The SMILES string of the molecule is Nc1ncnc2c1c(Br)cn2C12CCC(NC(=O)O)(CC1)C2. The number of aromatic nitrogens is 3. The summed E-state index contributed by atoms with van der Waals surface area (Å²) < 4.78 is 3.05. The van der Waals surface area contributed by atoms with Crippen molar-refractivity contribution in [3.8, 4) is 0 Å². The third-order valence-electron chi connectivity index (χ3n) is 5.25. The molecule has 1 amide bonds. The second-order valence-electron chi connectivity index (χ2n) is 6.42. The molecule has 7 nitrogen and oxygen atoms in total. The summed E-state index contributed by atoms with van der Waals surface area (Å²) in [7, 11) is 0. The molecule has 0 aliphatic heterocycles. The molecule has 22 heavy (non-hydrogen) atoms. The number of rotatable bonds is 2. The van der Waals surface area contributed by atoms with Crippen LogP contribution in [0.15, 0.2) is 17.0 Å². The Hall–Kier alpha value is -1.83. The largest absolute Gasteiger partial charge is 0.465 e. The van der Waals surface area contributed by atoms with E-state index in [2.05, 4.69) is 35.8 Å². The van der Waals surface area contributed by atoms with Crippen molar-refractivity contribution < 1.29 is 9.90 Å². The van der Waals surface area contributed by atoms with Gasteiger partial charge >= 0.3 is 6.09 Å². The Morgan fingerprint density at radius 3 is 2.77 bits per heavy atom. The predicted molar refractivity (Wildman–Crippen MR) is 84.6 cm³/mol. The average Bonchev–Trinajstić information content (AvgIpc) is 3.09. The van der Waals surface area contributed by atoms with E-state index >= 15 is 0 Å². The summed E-state index contributed by atoms with van der Waals surface area (Å²) in [4.78, 5) is 19.5. The van der Waals surface area contributed by atoms with Crippen molar-refractivity contribution in [1.82, 2.24) is 19.9 Å². The van der Waals surface area contributed by atoms with Gasteiger partial charge in [-0.3, -0.25) is 0 Å². The Balaban J connectivity index is 1.81. The zero-order chi connectivity index (χ0) is 15.5. The molecule has 0 radical (unpaired) electrons. The van der Waals surface area contributed by atoms with Crippen LogP contribution in [-0.4, -0.2) is 31.3 Å². The highest BCUT2D eigenvalue weighted by Crippen LogP contribution is 2.56. The van der Waals surface area contributed by atoms with Gasteiger partial charge in [-0.2, -0.15) is 0 Å². The van der Waals surface area contributed by atoms with E-state index in [-0.39, 0.29) is 11.1 Å². The Morgan fingerprint density at radius 1 is 1.36 bits per heavy atom. The van der Waals surface area contributed by atoms with Gasteiger partial charge in [0, 0.05) is 21.7 Å². The van der Waals surface area contributed by atoms with Crippen LogP contribution in [0.4, 0.5) is 10.6 Å². The molecule has 0 spiro atoms. The number of nitrogens with two attached hydrogens (primary N) is 1. The van der Waals surface area contributed by atoms with Crippen LogP contribution in [0.2, 0.25) is 0 Å². The third kappa shape index (κ3) is 1.76. The summed E-state index contributed by atoms with van der Waals surface area (Å²) in [6.45, 7) is 0. The second-order valence-corrected chi connectivity index (χ2v) is 7.27. The molecule has 116 valence electrons. The molecule has 0 unspecified atom stereocenters. The number of hydrogen-bond donors (Lipinski definition) is 3. The highest BCUT2D eigenvalue weighted by Gasteiger charge is 2.56. The molecule has 4 rings (SSSR count). The van der Waals surface area contributed by atoms with Crippen molar-refractivity contribution in [3.05, 3.63) is 17.0 Å². The molecule has 8 heteroatoms. The second kappa shape index (κ2) is 4.34. The number of fused-ring (bicyclic) bond motifs is 3. The lowest BCUT2D eigenvalue weighted by molar-refractivity contribution is 0.177. The molecule has 2 saturated carbocycles. The molecular formula is C14H16BrN5O2. The van der Waals surface area contributed by atoms with Crippen LogP contribution in [0.25, 0.3) is 11.0 Å². The van der Waals surface area contributed by atoms with E-state index in [1.54, 1.807) is 0 Å². The van der Waals surface area contributed by atoms with E-state index < -0.39 is 6.09 Å². The summed E-state index contributed by atoms with van der Waals surface area (Å²) in [5.74, 6) is 0.456. The van der Waals surface area contributed by atoms with E-state index in [9.17, 15) is 4.79 Å². The van der Waals surface area contributed by atoms with Crippen molar-refractivity contribution >= 4 is 38.9 Å². The molecule has 2 aliphatic rings. The van der Waals surface area contributed by atoms with E-state index in [0.717, 1.165) is 47.6 Å². The Morgan fingerprint density at radius 2 is 2.09 bits per heavy atom. The summed E-state index contributed by atoms with van der Waals surface area (Å²) in [5.41, 5.74) is 6.40. The number of carboxylic acid groups (broad SMARTS) is 1. The Kier molecular flexibility index (Phi) is 2.73. The first kappa shape index (κ1) is 13.8. The van der Waals surface area contributed by atoms with Crippen LogP contribution >= 0.6 is 15.9 Å². The van der Waals surface area contributed by atoms with Crippen LogP contribution in [-0.2, 0) is 5.54 Å². The minimum absolute atomic E-state index is 0.0898. The maximum Gasteiger partial charge on any atom is 0.405 e. The van der Waals surface area contributed by atoms with Crippen LogP contribution in [0.1, 0.15) is 32.1 Å². The first-order valence-electron chi connectivity index (χ1n) is 7.23. The Bertz CT molecular complexity index is 779. The van der Waals surface area contributed by atoms with Crippen molar-refractivity contribution in [2.45, 2.75) is 43.2 Å². The summed E-state index contributed by atoms with van der Waals surface area (Å²) in [6.07, 6.45) is 6.94. The summed E-state index contributed by atoms with van der Waals surface area (Å²) in [5, 5.41) is 12.7. The molecule has 0 aromatic carbocycles. The Labute approximate surface area is 135 Å². The zero-order valence-corrected chi connectivity index (χ0v) is 13.4. The lowest BCUT2D eigenvalue weighted by atomic mass is 9.91. The predicted octanol–water partition coefficient (Wildman–Crippen LogP) is 2.46. The number of carbonyl (C=O) groups is 1. The molecule has 2 aliphatic carbocycles. The van der Waals surface area contributed by atoms with Crippen molar-refractivity contribution in [3.63, 3.8) is 0 Å². The molecule has 4 N–H and O–H groups in total. The van der Waals surface area contributed by atoms with Gasteiger partial charge in [-0.1, -0.05) is 0 Å². The minimum atomic E-state index is -0.942. The highest BCUT2D eigenvalue weighted by atomic mass is 79.9. The normalized spacial score (nSPS) is 30.0. The molecular weight excluding hydrogens is 350 g/mol. The summed E-state index contributed by atoms with van der Waals surface area (Å²) in [6, 6.07) is 0. The van der Waals surface area contributed by atoms with E-state index in [1.165, 1.54) is 6.33 Å². The number of nitrogens with one attached hydrogen (secondary N) is 1. The van der Waals surface area contributed by atoms with Crippen molar-refractivity contribution in [1.29, 1.82) is 0 Å². The zero-order valence-electron chi connectivity index (χ0n) is 11.8. The number of nitrogen functional groups attached to an aromatic ring is 1. The first-order valence-corrected chi connectivity index (χ1v) is 8.03. The number of halogens is 1. The molecule has 2 fully saturated rings. The van der Waals surface area contributed by atoms with Gasteiger partial charge < -0.3 is 20.7 Å². The van der Waals surface area contributed by atoms with Gasteiger partial charge in [0.2, 0.25) is 0 Å². The molecule has 0 atom stereocenters. The van der Waals surface area contributed by atoms with Gasteiger partial charge in [0.15, 0.2) is 0 Å². The van der Waals surface area contributed by atoms with E-state index in [1.807, 2.05) is 6.20 Å². The van der Waals surface area contributed by atoms with Crippen molar-refractivity contribution in [2.75, 3.05) is 5.73 Å². The number of hydrogen-bond acceptors (Lipinski definition) is 4. The lowest BCUT2D eigenvalue weighted by Crippen LogP contribution is -2.44. The van der Waals surface area contributed by atoms with Gasteiger partial charge in [0.05, 0.1) is 5.39 Å². The van der Waals surface area contributed by atoms with Crippen LogP contribution < -0.4 is 11.1 Å². The number of nitrogens with zero attached hydrogens (tertiary/aromatic N) is 3. The lowest BCUT2D eigenvalue weighted by Gasteiger charge is -2.29. The maximum atomic E-state index is 11.1. The maximum absolute atomic E-state index is 11.1.